The molecule has 43 heavy (non-hydrogen) atoms. The number of methoxy groups -OCH3 is 1. The number of hydroxylamine groups is 1. The third-order valence-corrected chi connectivity index (χ3v) is 8.38. The van der Waals surface area contributed by atoms with E-state index in [1.807, 2.05) is 47.5 Å². The number of carbonyl (C=O) groups excluding carboxylic acids is 1. The molecule has 4 heterocycles. The van der Waals surface area contributed by atoms with Gasteiger partial charge in [0, 0.05) is 55.8 Å². The van der Waals surface area contributed by atoms with Crippen LogP contribution < -0.4 is 25.3 Å². The number of carbonyl (C=O) groups is 1. The van der Waals surface area contributed by atoms with Gasteiger partial charge in [0.2, 0.25) is 5.91 Å². The summed E-state index contributed by atoms with van der Waals surface area (Å²) in [6.07, 6.45) is 4.62. The maximum absolute atomic E-state index is 12.5. The fraction of sp³-hybridized carbons (Fsp3) is 0.387. The summed E-state index contributed by atoms with van der Waals surface area (Å²) in [6, 6.07) is 13.9. The number of anilines is 5. The summed E-state index contributed by atoms with van der Waals surface area (Å²) >= 11 is 6.11. The number of hydrogen-bond acceptors (Lipinski definition) is 10. The van der Waals surface area contributed by atoms with Gasteiger partial charge in [-0.2, -0.15) is 0 Å². The van der Waals surface area contributed by atoms with Crippen molar-refractivity contribution in [3.63, 3.8) is 0 Å². The highest BCUT2D eigenvalue weighted by atomic mass is 35.5. The minimum atomic E-state index is -0.287. The van der Waals surface area contributed by atoms with Gasteiger partial charge in [-0.15, -0.1) is 0 Å². The molecule has 3 saturated heterocycles. The van der Waals surface area contributed by atoms with Crippen molar-refractivity contribution >= 4 is 46.2 Å². The third kappa shape index (κ3) is 6.54. The number of nitrogens with zero attached hydrogens (tertiary/aromatic N) is 5. The molecule has 0 radical (unpaired) electrons. The molecule has 0 unspecified atom stereocenters. The monoisotopic (exact) mass is 605 g/mol. The lowest BCUT2D eigenvalue weighted by Gasteiger charge is -2.32. The van der Waals surface area contributed by atoms with Crippen molar-refractivity contribution in [1.29, 1.82) is 0 Å². The quantitative estimate of drug-likeness (QED) is 0.331. The second-order valence-electron chi connectivity index (χ2n) is 10.7. The van der Waals surface area contributed by atoms with Gasteiger partial charge in [0.1, 0.15) is 17.9 Å². The van der Waals surface area contributed by atoms with E-state index in [1.54, 1.807) is 7.11 Å². The third-order valence-electron chi connectivity index (χ3n) is 8.13. The number of hydrogen-bond donors (Lipinski definition) is 2. The molecule has 3 aliphatic heterocycles. The van der Waals surface area contributed by atoms with Crippen molar-refractivity contribution in [2.24, 2.45) is 0 Å². The summed E-state index contributed by atoms with van der Waals surface area (Å²) in [4.78, 5) is 32.2. The van der Waals surface area contributed by atoms with Gasteiger partial charge in [-0.05, 0) is 36.3 Å². The Balaban J connectivity index is 1.26. The number of nitrogens with one attached hydrogen (secondary N) is 2. The molecule has 1 aromatic heterocycles. The van der Waals surface area contributed by atoms with Crippen molar-refractivity contribution in [3.8, 4) is 5.75 Å². The van der Waals surface area contributed by atoms with Crippen LogP contribution >= 0.6 is 11.6 Å². The molecule has 0 bridgehead atoms. The second kappa shape index (κ2) is 13.2. The summed E-state index contributed by atoms with van der Waals surface area (Å²) in [7, 11) is 1.63. The molecule has 0 aliphatic carbocycles. The van der Waals surface area contributed by atoms with E-state index in [4.69, 9.17) is 25.9 Å². The van der Waals surface area contributed by atoms with Crippen LogP contribution in [0.2, 0.25) is 5.02 Å². The minimum absolute atomic E-state index is 0.00342. The highest BCUT2D eigenvalue weighted by Crippen LogP contribution is 2.41. The van der Waals surface area contributed by atoms with Crippen LogP contribution in [0.1, 0.15) is 24.4 Å². The topological polar surface area (TPSA) is 104 Å². The van der Waals surface area contributed by atoms with Crippen molar-refractivity contribution < 1.29 is 19.1 Å². The molecule has 1 amide bonds. The highest BCUT2D eigenvalue weighted by Gasteiger charge is 2.31. The normalized spacial score (nSPS) is 20.7. The van der Waals surface area contributed by atoms with Crippen LogP contribution in [0.4, 0.5) is 28.7 Å². The Hall–Kier alpha value is -3.90. The van der Waals surface area contributed by atoms with Gasteiger partial charge in [0.15, 0.2) is 5.82 Å². The van der Waals surface area contributed by atoms with E-state index in [-0.39, 0.29) is 11.9 Å². The maximum Gasteiger partial charge on any atom is 0.247 e. The minimum Gasteiger partial charge on any atom is -0.494 e. The lowest BCUT2D eigenvalue weighted by atomic mass is 10.0. The summed E-state index contributed by atoms with van der Waals surface area (Å²) < 4.78 is 11.4. The zero-order valence-electron chi connectivity index (χ0n) is 24.2. The van der Waals surface area contributed by atoms with Gasteiger partial charge in [0.25, 0.3) is 0 Å². The number of ether oxygens (including phenoxy) is 2. The van der Waals surface area contributed by atoms with Crippen LogP contribution in [-0.2, 0) is 14.4 Å². The molecule has 0 saturated carbocycles. The largest absolute Gasteiger partial charge is 0.494 e. The van der Waals surface area contributed by atoms with Crippen LogP contribution in [0, 0.1) is 0 Å². The smallest absolute Gasteiger partial charge is 0.247 e. The van der Waals surface area contributed by atoms with Crippen molar-refractivity contribution in [2.45, 2.75) is 24.9 Å². The Kier molecular flexibility index (Phi) is 8.94. The van der Waals surface area contributed by atoms with Crippen LogP contribution in [0.3, 0.4) is 0 Å². The average Bonchev–Trinajstić information content (AvgIpc) is 3.73. The number of morpholine rings is 1. The van der Waals surface area contributed by atoms with Crippen molar-refractivity contribution in [1.82, 2.24) is 14.9 Å². The number of benzene rings is 2. The number of halogens is 1. The molecule has 3 aliphatic rings. The van der Waals surface area contributed by atoms with E-state index in [0.717, 1.165) is 63.5 Å². The highest BCUT2D eigenvalue weighted by molar-refractivity contribution is 6.30. The fourth-order valence-electron chi connectivity index (χ4n) is 5.94. The first-order chi connectivity index (χ1) is 21.0. The van der Waals surface area contributed by atoms with E-state index in [1.165, 1.54) is 12.4 Å². The van der Waals surface area contributed by atoms with E-state index in [9.17, 15) is 4.79 Å². The standard InChI is InChI=1S/C31H36ClN7O4/c1-3-31(40)36-24-16-25(28(41-2)17-27(24)38-10-8-23(19-38)37-11-14-42-15-12-37)35-29-18-30(34-20-33-29)39-26(9-13-43-39)21-4-6-22(32)7-5-21/h3-7,16-18,20,23,26H,1,8-15,19H2,2H3,(H,36,40)(H,33,34,35)/t23-,26-/m1/s1. The van der Waals surface area contributed by atoms with Gasteiger partial charge < -0.3 is 25.0 Å². The lowest BCUT2D eigenvalue weighted by Crippen LogP contribution is -2.44. The molecule has 2 aromatic carbocycles. The first-order valence-electron chi connectivity index (χ1n) is 14.5. The summed E-state index contributed by atoms with van der Waals surface area (Å²) in [6.45, 7) is 9.34. The Morgan fingerprint density at radius 2 is 1.88 bits per heavy atom. The summed E-state index contributed by atoms with van der Waals surface area (Å²) in [5, 5.41) is 8.86. The van der Waals surface area contributed by atoms with E-state index in [0.29, 0.717) is 46.4 Å². The Morgan fingerprint density at radius 1 is 1.07 bits per heavy atom. The Bertz CT molecular complexity index is 1450. The first kappa shape index (κ1) is 29.2. The molecule has 11 nitrogen and oxygen atoms in total. The van der Waals surface area contributed by atoms with Crippen molar-refractivity contribution in [3.05, 3.63) is 72.0 Å². The Labute approximate surface area is 256 Å². The molecular formula is C31H36ClN7O4. The van der Waals surface area contributed by atoms with Crippen molar-refractivity contribution in [2.75, 3.05) is 73.7 Å². The molecule has 3 aromatic rings. The van der Waals surface area contributed by atoms with Gasteiger partial charge in [-0.3, -0.25) is 14.5 Å². The zero-order valence-corrected chi connectivity index (χ0v) is 24.9. The molecule has 12 heteroatoms. The lowest BCUT2D eigenvalue weighted by molar-refractivity contribution is -0.111. The zero-order chi connectivity index (χ0) is 29.8. The van der Waals surface area contributed by atoms with Crippen LogP contribution in [0.15, 0.2) is 61.4 Å². The van der Waals surface area contributed by atoms with Gasteiger partial charge in [0.05, 0.1) is 50.0 Å². The van der Waals surface area contributed by atoms with E-state index in [2.05, 4.69) is 37.0 Å². The van der Waals surface area contributed by atoms with Crippen LogP contribution in [0.25, 0.3) is 0 Å². The van der Waals surface area contributed by atoms with Gasteiger partial charge in [-0.1, -0.05) is 30.3 Å². The Morgan fingerprint density at radius 3 is 2.65 bits per heavy atom. The van der Waals surface area contributed by atoms with Gasteiger partial charge in [-0.25, -0.2) is 15.0 Å². The molecule has 0 spiro atoms. The fourth-order valence-corrected chi connectivity index (χ4v) is 6.07. The molecule has 2 N–H and O–H groups in total. The molecular weight excluding hydrogens is 570 g/mol. The van der Waals surface area contributed by atoms with Crippen LogP contribution in [-0.4, -0.2) is 79.9 Å². The summed E-state index contributed by atoms with van der Waals surface area (Å²) in [5.74, 6) is 1.51. The second-order valence-corrected chi connectivity index (χ2v) is 11.1. The molecule has 6 rings (SSSR count). The van der Waals surface area contributed by atoms with Crippen LogP contribution in [0.5, 0.6) is 5.75 Å². The SMILES string of the molecule is C=CC(=O)Nc1cc(Nc2cc(N3OCC[C@@H]3c3ccc(Cl)cc3)ncn2)c(OC)cc1N1CC[C@@H](N2CCOCC2)C1. The molecule has 3 fully saturated rings. The van der Waals surface area contributed by atoms with Gasteiger partial charge >= 0.3 is 0 Å². The number of rotatable bonds is 9. The predicted molar refractivity (Wildman–Crippen MR) is 167 cm³/mol. The number of amides is 1. The number of aromatic nitrogens is 2. The summed E-state index contributed by atoms with van der Waals surface area (Å²) in [5.41, 5.74) is 3.30. The maximum atomic E-state index is 12.5. The van der Waals surface area contributed by atoms with E-state index >= 15 is 0 Å². The van der Waals surface area contributed by atoms with E-state index < -0.39 is 0 Å². The predicted octanol–water partition coefficient (Wildman–Crippen LogP) is 4.80. The molecule has 226 valence electrons. The first-order valence-corrected chi connectivity index (χ1v) is 14.9. The average molecular weight is 606 g/mol. The molecule has 2 atom stereocenters.